The number of allylic oxidation sites excluding steroid dienone is 1. The van der Waals surface area contributed by atoms with Gasteiger partial charge in [0.25, 0.3) is 0 Å². The van der Waals surface area contributed by atoms with Gasteiger partial charge in [-0.05, 0) is 23.6 Å². The quantitative estimate of drug-likeness (QED) is 0.786. The zero-order valence-electron chi connectivity index (χ0n) is 13.3. The van der Waals surface area contributed by atoms with Crippen LogP contribution in [0.5, 0.6) is 0 Å². The molecule has 0 saturated heterocycles. The molecule has 0 fully saturated rings. The molecule has 1 aromatic heterocycles. The monoisotopic (exact) mass is 330 g/mol. The van der Waals surface area contributed by atoms with Crippen molar-refractivity contribution in [3.63, 3.8) is 0 Å². The lowest BCUT2D eigenvalue weighted by molar-refractivity contribution is -0.663. The first kappa shape index (κ1) is 17.2. The topological polar surface area (TPSA) is 54.6 Å². The van der Waals surface area contributed by atoms with E-state index in [1.807, 2.05) is 36.4 Å². The van der Waals surface area contributed by atoms with Gasteiger partial charge < -0.3 is 17.5 Å². The lowest BCUT2D eigenvalue weighted by Gasteiger charge is -2.21. The van der Waals surface area contributed by atoms with Crippen molar-refractivity contribution < 1.29 is 27.2 Å². The number of carbonyl (C=O) groups is 1. The molecule has 5 heteroatoms. The van der Waals surface area contributed by atoms with Crippen LogP contribution in [0.1, 0.15) is 31.9 Å². The van der Waals surface area contributed by atoms with Gasteiger partial charge in [0, 0.05) is 29.6 Å². The van der Waals surface area contributed by atoms with Crippen molar-refractivity contribution in [2.75, 3.05) is 0 Å². The second kappa shape index (κ2) is 6.14. The summed E-state index contributed by atoms with van der Waals surface area (Å²) in [6, 6.07) is 11.5. The van der Waals surface area contributed by atoms with E-state index < -0.39 is 6.09 Å². The minimum Gasteiger partial charge on any atom is -1.00 e. The molecule has 1 unspecified atom stereocenters. The predicted molar refractivity (Wildman–Crippen MR) is 85.6 cm³/mol. The van der Waals surface area contributed by atoms with Crippen LogP contribution in [0.25, 0.3) is 11.3 Å². The summed E-state index contributed by atoms with van der Waals surface area (Å²) in [5.41, 5.74) is 4.33. The molecule has 23 heavy (non-hydrogen) atoms. The van der Waals surface area contributed by atoms with Crippen LogP contribution in [-0.4, -0.2) is 16.2 Å². The van der Waals surface area contributed by atoms with E-state index in [9.17, 15) is 9.90 Å². The molecule has 1 amide bonds. The van der Waals surface area contributed by atoms with Gasteiger partial charge in [-0.15, -0.1) is 0 Å². The number of rotatable bonds is 1. The third-order valence-electron chi connectivity index (χ3n) is 3.88. The Morgan fingerprint density at radius 2 is 1.83 bits per heavy atom. The van der Waals surface area contributed by atoms with Crippen LogP contribution >= 0.6 is 0 Å². The fourth-order valence-corrected chi connectivity index (χ4v) is 3.11. The van der Waals surface area contributed by atoms with E-state index in [2.05, 4.69) is 25.8 Å². The van der Waals surface area contributed by atoms with Crippen molar-refractivity contribution in [1.29, 1.82) is 0 Å². The van der Waals surface area contributed by atoms with Crippen LogP contribution in [0.3, 0.4) is 0 Å². The summed E-state index contributed by atoms with van der Waals surface area (Å²) in [6.07, 6.45) is 2.53. The molecule has 0 spiro atoms. The number of nitrogens with one attached hydrogen (secondary N) is 1. The molecule has 1 atom stereocenters. The number of nitrogens with zero attached hydrogens (tertiary/aromatic N) is 1. The first-order chi connectivity index (χ1) is 10.4. The van der Waals surface area contributed by atoms with Crippen molar-refractivity contribution in [3.05, 3.63) is 59.9 Å². The van der Waals surface area contributed by atoms with E-state index in [0.717, 1.165) is 28.1 Å². The van der Waals surface area contributed by atoms with E-state index in [4.69, 9.17) is 0 Å². The zero-order chi connectivity index (χ0) is 15.9. The van der Waals surface area contributed by atoms with Crippen molar-refractivity contribution >= 4 is 23.1 Å². The molecule has 2 heterocycles. The highest BCUT2D eigenvalue weighted by Gasteiger charge is 2.43. The van der Waals surface area contributed by atoms with Gasteiger partial charge in [-0.25, -0.2) is 0 Å². The van der Waals surface area contributed by atoms with Gasteiger partial charge in [0.1, 0.15) is 0 Å². The fourth-order valence-electron chi connectivity index (χ4n) is 3.11. The Bertz CT molecular complexity index is 764. The van der Waals surface area contributed by atoms with Crippen LogP contribution in [0.2, 0.25) is 0 Å². The molecule has 3 rings (SSSR count). The zero-order valence-corrected chi connectivity index (χ0v) is 14.1. The van der Waals surface area contributed by atoms with Gasteiger partial charge in [-0.3, -0.25) is 4.98 Å². The summed E-state index contributed by atoms with van der Waals surface area (Å²) in [6.45, 7) is 6.33. The standard InChI is InChI=1S/C18H18N2O2.ClH/c1-18(2,3)15-13-8-4-5-9-14(13)20(17(21)22)16(15)12-7-6-10-19-11-12;/h4-11H,1-3H3,(H,21,22);1H. The number of hydrogen-bond acceptors (Lipinski definition) is 2. The summed E-state index contributed by atoms with van der Waals surface area (Å²) in [4.78, 5) is 16.5. The van der Waals surface area contributed by atoms with Gasteiger partial charge >= 0.3 is 6.09 Å². The number of fused-ring (bicyclic) bond motifs is 1. The Kier molecular flexibility index (Phi) is 4.59. The highest BCUT2D eigenvalue weighted by Crippen LogP contribution is 2.43. The fraction of sp³-hybridized carbons (Fsp3) is 0.222. The third-order valence-corrected chi connectivity index (χ3v) is 3.88. The lowest BCUT2D eigenvalue weighted by Crippen LogP contribution is -3.06. The van der Waals surface area contributed by atoms with Crippen molar-refractivity contribution in [1.82, 2.24) is 4.98 Å². The maximum Gasteiger partial charge on any atom is 0.522 e. The van der Waals surface area contributed by atoms with Gasteiger partial charge in [-0.2, -0.15) is 9.69 Å². The minimum absolute atomic E-state index is 0. The first-order valence-corrected chi connectivity index (χ1v) is 7.27. The van der Waals surface area contributed by atoms with Gasteiger partial charge in [0.15, 0.2) is 11.4 Å². The molecule has 120 valence electrons. The molecule has 0 saturated carbocycles. The van der Waals surface area contributed by atoms with Crippen LogP contribution < -0.4 is 17.3 Å². The third kappa shape index (κ3) is 2.87. The number of halogens is 1. The number of carboxylic acid groups (broad SMARTS) is 1. The summed E-state index contributed by atoms with van der Waals surface area (Å²) in [5.74, 6) is 0. The number of hydrogen-bond donors (Lipinski definition) is 2. The smallest absolute Gasteiger partial charge is 0.522 e. The lowest BCUT2D eigenvalue weighted by atomic mass is 9.81. The maximum absolute atomic E-state index is 11.9. The molecule has 0 radical (unpaired) electrons. The average Bonchev–Trinajstić information content (AvgIpc) is 2.83. The summed E-state index contributed by atoms with van der Waals surface area (Å²) >= 11 is 0. The molecule has 2 N–H and O–H groups in total. The number of benzene rings is 1. The molecule has 1 aliphatic heterocycles. The van der Waals surface area contributed by atoms with Crippen molar-refractivity contribution in [3.8, 4) is 0 Å². The van der Waals surface area contributed by atoms with Crippen LogP contribution in [-0.2, 0) is 0 Å². The molecule has 0 aliphatic carbocycles. The normalized spacial score (nSPS) is 16.7. The maximum atomic E-state index is 11.9. The second-order valence-electron chi connectivity index (χ2n) is 6.47. The van der Waals surface area contributed by atoms with Gasteiger partial charge in [0.05, 0.1) is 5.56 Å². The summed E-state index contributed by atoms with van der Waals surface area (Å²) in [5, 5.41) is 9.78. The molecule has 2 aromatic rings. The van der Waals surface area contributed by atoms with E-state index in [1.54, 1.807) is 12.4 Å². The number of aromatic nitrogens is 1. The second-order valence-corrected chi connectivity index (χ2v) is 6.47. The predicted octanol–water partition coefficient (Wildman–Crippen LogP) is 0.208. The Morgan fingerprint density at radius 1 is 1.13 bits per heavy atom. The minimum atomic E-state index is -0.898. The Labute approximate surface area is 141 Å². The highest BCUT2D eigenvalue weighted by molar-refractivity contribution is 5.98. The van der Waals surface area contributed by atoms with Crippen molar-refractivity contribution in [2.45, 2.75) is 20.8 Å². The van der Waals surface area contributed by atoms with Crippen molar-refractivity contribution in [2.24, 2.45) is 5.41 Å². The molecular weight excluding hydrogens is 312 g/mol. The summed E-state index contributed by atoms with van der Waals surface area (Å²) in [7, 11) is 0. The molecule has 4 nitrogen and oxygen atoms in total. The van der Waals surface area contributed by atoms with Gasteiger partial charge in [0.2, 0.25) is 0 Å². The molecule has 1 aromatic carbocycles. The SMILES string of the molecule is CC(C)(C)C1=C(c2cccnc2)[NH+](C(=O)O)c2ccccc21.[Cl-]. The highest BCUT2D eigenvalue weighted by atomic mass is 35.5. The molecule has 1 aliphatic rings. The Morgan fingerprint density at radius 3 is 2.39 bits per heavy atom. The van der Waals surface area contributed by atoms with E-state index in [0.29, 0.717) is 4.90 Å². The van der Waals surface area contributed by atoms with E-state index in [1.165, 1.54) is 0 Å². The van der Waals surface area contributed by atoms with Crippen LogP contribution in [0.4, 0.5) is 10.5 Å². The van der Waals surface area contributed by atoms with E-state index in [-0.39, 0.29) is 17.8 Å². The first-order valence-electron chi connectivity index (χ1n) is 7.27. The number of para-hydroxylation sites is 1. The van der Waals surface area contributed by atoms with Gasteiger partial charge in [-0.1, -0.05) is 32.9 Å². The largest absolute Gasteiger partial charge is 1.00 e. The number of quaternary nitrogens is 1. The number of pyridine rings is 1. The Hall–Kier alpha value is -2.17. The van der Waals surface area contributed by atoms with Crippen LogP contribution in [0.15, 0.2) is 48.8 Å². The molecule has 0 bridgehead atoms. The summed E-state index contributed by atoms with van der Waals surface area (Å²) < 4.78 is 0. The average molecular weight is 331 g/mol. The Balaban J connectivity index is 0.00000192. The molecular formula is C18H19ClN2O2. The number of amides is 1. The van der Waals surface area contributed by atoms with E-state index >= 15 is 0 Å². The van der Waals surface area contributed by atoms with Crippen LogP contribution in [0, 0.1) is 5.41 Å².